The summed E-state index contributed by atoms with van der Waals surface area (Å²) in [6.07, 6.45) is 2.52. The van der Waals surface area contributed by atoms with E-state index in [0.717, 1.165) is 5.56 Å². The van der Waals surface area contributed by atoms with Gasteiger partial charge >= 0.3 is 0 Å². The molecule has 2 rings (SSSR count). The minimum absolute atomic E-state index is 0.105. The highest BCUT2D eigenvalue weighted by molar-refractivity contribution is 6.30. The molecule has 0 amide bonds. The molecule has 2 nitrogen and oxygen atoms in total. The largest absolute Gasteiger partial charge is 0.393 e. The maximum absolute atomic E-state index is 13.0. The van der Waals surface area contributed by atoms with Gasteiger partial charge in [-0.25, -0.2) is 4.39 Å². The maximum Gasteiger partial charge on any atom is 0.141 e. The fraction of sp³-hybridized carbons (Fsp3) is 0.500. The second-order valence-electron chi connectivity index (χ2n) is 4.52. The van der Waals surface area contributed by atoms with Crippen molar-refractivity contribution in [2.45, 2.75) is 37.3 Å². The average Bonchev–Trinajstić information content (AvgIpc) is 2.26. The molecule has 0 bridgehead atoms. The molecule has 0 saturated heterocycles. The first-order valence-corrected chi connectivity index (χ1v) is 5.81. The van der Waals surface area contributed by atoms with E-state index in [1.54, 1.807) is 12.1 Å². The third-order valence-corrected chi connectivity index (χ3v) is 3.63. The lowest BCUT2D eigenvalue weighted by atomic mass is 9.76. The van der Waals surface area contributed by atoms with Crippen LogP contribution in [0.5, 0.6) is 0 Å². The second kappa shape index (κ2) is 4.32. The third-order valence-electron chi connectivity index (χ3n) is 3.34. The Morgan fingerprint density at radius 2 is 2.00 bits per heavy atom. The molecule has 0 spiro atoms. The molecule has 0 unspecified atom stereocenters. The van der Waals surface area contributed by atoms with Crippen LogP contribution in [-0.2, 0) is 5.54 Å². The van der Waals surface area contributed by atoms with Crippen LogP contribution in [0.15, 0.2) is 18.2 Å². The van der Waals surface area contributed by atoms with Crippen LogP contribution in [0.3, 0.4) is 0 Å². The summed E-state index contributed by atoms with van der Waals surface area (Å²) in [4.78, 5) is 0. The minimum atomic E-state index is -0.476. The highest BCUT2D eigenvalue weighted by Crippen LogP contribution is 2.36. The normalized spacial score (nSPS) is 30.4. The monoisotopic (exact) mass is 243 g/mol. The van der Waals surface area contributed by atoms with Gasteiger partial charge < -0.3 is 10.8 Å². The van der Waals surface area contributed by atoms with Crippen molar-refractivity contribution in [3.8, 4) is 0 Å². The average molecular weight is 244 g/mol. The Kier molecular flexibility index (Phi) is 3.19. The van der Waals surface area contributed by atoms with Crippen molar-refractivity contribution in [1.82, 2.24) is 0 Å². The van der Waals surface area contributed by atoms with Crippen LogP contribution in [0.25, 0.3) is 0 Å². The summed E-state index contributed by atoms with van der Waals surface area (Å²) >= 11 is 5.74. The molecule has 0 atom stereocenters. The zero-order valence-corrected chi connectivity index (χ0v) is 9.67. The van der Waals surface area contributed by atoms with Crippen molar-refractivity contribution in [1.29, 1.82) is 0 Å². The highest BCUT2D eigenvalue weighted by Gasteiger charge is 2.32. The fourth-order valence-corrected chi connectivity index (χ4v) is 2.39. The Morgan fingerprint density at radius 1 is 1.38 bits per heavy atom. The summed E-state index contributed by atoms with van der Waals surface area (Å²) < 4.78 is 13.0. The number of nitrogens with two attached hydrogens (primary N) is 1. The van der Waals surface area contributed by atoms with E-state index in [1.165, 1.54) is 6.07 Å². The van der Waals surface area contributed by atoms with E-state index in [-0.39, 0.29) is 11.1 Å². The summed E-state index contributed by atoms with van der Waals surface area (Å²) in [7, 11) is 0. The highest BCUT2D eigenvalue weighted by atomic mass is 35.5. The van der Waals surface area contributed by atoms with Gasteiger partial charge in [0, 0.05) is 5.54 Å². The van der Waals surface area contributed by atoms with Gasteiger partial charge in [0.05, 0.1) is 11.1 Å². The molecule has 1 aromatic rings. The van der Waals surface area contributed by atoms with E-state index < -0.39 is 11.4 Å². The van der Waals surface area contributed by atoms with Crippen LogP contribution in [-0.4, -0.2) is 11.2 Å². The molecule has 1 saturated carbocycles. The van der Waals surface area contributed by atoms with Crippen LogP contribution in [0, 0.1) is 5.82 Å². The molecular formula is C12H15ClFNO. The van der Waals surface area contributed by atoms with Gasteiger partial charge in [-0.05, 0) is 43.4 Å². The standard InChI is InChI=1S/C12H15ClFNO/c13-10-7-8(1-2-11(10)14)12(15)5-3-9(16)4-6-12/h1-2,7,9,16H,3-6,15H2. The van der Waals surface area contributed by atoms with Gasteiger partial charge in [0.2, 0.25) is 0 Å². The van der Waals surface area contributed by atoms with Crippen LogP contribution < -0.4 is 5.73 Å². The minimum Gasteiger partial charge on any atom is -0.393 e. The second-order valence-corrected chi connectivity index (χ2v) is 4.92. The number of halogens is 2. The summed E-state index contributed by atoms with van der Waals surface area (Å²) in [5, 5.41) is 9.55. The van der Waals surface area contributed by atoms with Crippen molar-refractivity contribution < 1.29 is 9.50 Å². The Morgan fingerprint density at radius 3 is 2.56 bits per heavy atom. The van der Waals surface area contributed by atoms with Gasteiger partial charge in [0.1, 0.15) is 5.82 Å². The Labute approximate surface area is 99.2 Å². The van der Waals surface area contributed by atoms with Crippen molar-refractivity contribution in [3.63, 3.8) is 0 Å². The van der Waals surface area contributed by atoms with E-state index >= 15 is 0 Å². The molecule has 0 radical (unpaired) electrons. The number of hydrogen-bond acceptors (Lipinski definition) is 2. The maximum atomic E-state index is 13.0. The van der Waals surface area contributed by atoms with Gasteiger partial charge in [-0.2, -0.15) is 0 Å². The summed E-state index contributed by atoms with van der Waals surface area (Å²) in [6.45, 7) is 0. The summed E-state index contributed by atoms with van der Waals surface area (Å²) in [6, 6.07) is 4.62. The van der Waals surface area contributed by atoms with Gasteiger partial charge in [0.15, 0.2) is 0 Å². The van der Waals surface area contributed by atoms with Crippen LogP contribution in [0.1, 0.15) is 31.2 Å². The molecular weight excluding hydrogens is 229 g/mol. The number of benzene rings is 1. The zero-order chi connectivity index (χ0) is 11.8. The van der Waals surface area contributed by atoms with E-state index in [9.17, 15) is 9.50 Å². The van der Waals surface area contributed by atoms with Gasteiger partial charge in [0.25, 0.3) is 0 Å². The lowest BCUT2D eigenvalue weighted by Gasteiger charge is -2.36. The molecule has 3 N–H and O–H groups in total. The Bertz CT molecular complexity index is 389. The van der Waals surface area contributed by atoms with Crippen LogP contribution >= 0.6 is 11.6 Å². The SMILES string of the molecule is NC1(c2ccc(F)c(Cl)c2)CCC(O)CC1. The third kappa shape index (κ3) is 2.21. The lowest BCUT2D eigenvalue weighted by molar-refractivity contribution is 0.0969. The van der Waals surface area contributed by atoms with Crippen molar-refractivity contribution >= 4 is 11.6 Å². The van der Waals surface area contributed by atoms with Gasteiger partial charge in [-0.15, -0.1) is 0 Å². The molecule has 16 heavy (non-hydrogen) atoms. The molecule has 4 heteroatoms. The molecule has 0 heterocycles. The fourth-order valence-electron chi connectivity index (χ4n) is 2.21. The lowest BCUT2D eigenvalue weighted by Crippen LogP contribution is -2.41. The van der Waals surface area contributed by atoms with Crippen LogP contribution in [0.4, 0.5) is 4.39 Å². The van der Waals surface area contributed by atoms with E-state index in [2.05, 4.69) is 0 Å². The molecule has 1 fully saturated rings. The number of rotatable bonds is 1. The van der Waals surface area contributed by atoms with E-state index in [4.69, 9.17) is 17.3 Å². The molecule has 1 aromatic carbocycles. The summed E-state index contributed by atoms with van der Waals surface area (Å²) in [5.41, 5.74) is 6.65. The Balaban J connectivity index is 2.25. The van der Waals surface area contributed by atoms with Crippen molar-refractivity contribution in [2.75, 3.05) is 0 Å². The van der Waals surface area contributed by atoms with Crippen molar-refractivity contribution in [3.05, 3.63) is 34.6 Å². The zero-order valence-electron chi connectivity index (χ0n) is 8.92. The molecule has 0 aromatic heterocycles. The smallest absolute Gasteiger partial charge is 0.141 e. The van der Waals surface area contributed by atoms with Crippen molar-refractivity contribution in [2.24, 2.45) is 5.73 Å². The van der Waals surface area contributed by atoms with E-state index in [0.29, 0.717) is 25.7 Å². The predicted octanol–water partition coefficient (Wildman–Crippen LogP) is 2.57. The first-order chi connectivity index (χ1) is 7.51. The van der Waals surface area contributed by atoms with Gasteiger partial charge in [-0.3, -0.25) is 0 Å². The number of hydrogen-bond donors (Lipinski definition) is 2. The van der Waals surface area contributed by atoms with Gasteiger partial charge in [-0.1, -0.05) is 17.7 Å². The van der Waals surface area contributed by atoms with E-state index in [1.807, 2.05) is 0 Å². The first-order valence-electron chi connectivity index (χ1n) is 5.44. The van der Waals surface area contributed by atoms with Crippen LogP contribution in [0.2, 0.25) is 5.02 Å². The summed E-state index contributed by atoms with van der Waals surface area (Å²) in [5.74, 6) is -0.426. The number of aliphatic hydroxyl groups excluding tert-OH is 1. The molecule has 1 aliphatic carbocycles. The quantitative estimate of drug-likeness (QED) is 0.796. The number of aliphatic hydroxyl groups is 1. The molecule has 88 valence electrons. The predicted molar refractivity (Wildman–Crippen MR) is 61.8 cm³/mol. The molecule has 1 aliphatic rings. The Hall–Kier alpha value is -0.640. The first kappa shape index (κ1) is 11.8. The molecule has 0 aliphatic heterocycles. The topological polar surface area (TPSA) is 46.2 Å².